The number of benzene rings is 1. The van der Waals surface area contributed by atoms with Gasteiger partial charge in [0.15, 0.2) is 29.2 Å². The summed E-state index contributed by atoms with van der Waals surface area (Å²) >= 11 is 0. The first kappa shape index (κ1) is 24.0. The van der Waals surface area contributed by atoms with Crippen LogP contribution in [-0.4, -0.2) is 34.2 Å². The van der Waals surface area contributed by atoms with Gasteiger partial charge in [-0.3, -0.25) is 0 Å². The standard InChI is InChI=1S/C32H26N8/c1-5-11-19-17(3)25-33-26-18(4)20(12-6-2)28(35-26)37-30-22-14-8-10-16-24(22)32(39-30)40-31-23-15-9-7-13-21(23)29(38-31)36-27(19)34-25/h5-16,23H,1-4H3,(H,33,34,35,36,37,38,39,40)/b11-5-,12-6-. The number of hydrogen-bond acceptors (Lipinski definition) is 7. The minimum atomic E-state index is -0.116. The maximum atomic E-state index is 5.01. The van der Waals surface area contributed by atoms with Crippen molar-refractivity contribution in [2.24, 2.45) is 40.9 Å². The predicted molar refractivity (Wildman–Crippen MR) is 161 cm³/mol. The summed E-state index contributed by atoms with van der Waals surface area (Å²) in [5, 5.41) is 0. The fourth-order valence-electron chi connectivity index (χ4n) is 5.33. The fraction of sp³-hybridized carbons (Fsp3) is 0.156. The molecule has 1 atom stereocenters. The van der Waals surface area contributed by atoms with Gasteiger partial charge in [-0.1, -0.05) is 72.9 Å². The van der Waals surface area contributed by atoms with E-state index >= 15 is 0 Å². The molecule has 0 spiro atoms. The summed E-state index contributed by atoms with van der Waals surface area (Å²) in [6, 6.07) is 8.03. The second-order valence-electron chi connectivity index (χ2n) is 9.88. The topological polar surface area (TPSA) is 102 Å². The molecule has 2 aromatic rings. The first-order valence-corrected chi connectivity index (χ1v) is 13.3. The molecule has 8 nitrogen and oxygen atoms in total. The lowest BCUT2D eigenvalue weighted by Gasteiger charge is -2.10. The Hall–Kier alpha value is -5.11. The summed E-state index contributed by atoms with van der Waals surface area (Å²) in [4.78, 5) is 38.1. The van der Waals surface area contributed by atoms with Crippen molar-refractivity contribution in [3.05, 3.63) is 123 Å². The van der Waals surface area contributed by atoms with Gasteiger partial charge in [0.2, 0.25) is 0 Å². The molecule has 5 aliphatic rings. The number of allylic oxidation sites excluding steroid dienone is 5. The van der Waals surface area contributed by atoms with Crippen LogP contribution in [0.15, 0.2) is 124 Å². The highest BCUT2D eigenvalue weighted by Gasteiger charge is 2.31. The number of nitrogens with zero attached hydrogens (tertiary/aromatic N) is 7. The molecular formula is C32H26N8. The van der Waals surface area contributed by atoms with Crippen molar-refractivity contribution in [3.8, 4) is 0 Å². The summed E-state index contributed by atoms with van der Waals surface area (Å²) in [6.45, 7) is 8.03. The van der Waals surface area contributed by atoms with Crippen LogP contribution in [0.1, 0.15) is 43.0 Å². The summed E-state index contributed by atoms with van der Waals surface area (Å²) < 4.78 is 0. The van der Waals surface area contributed by atoms with Gasteiger partial charge in [0.05, 0.1) is 5.92 Å². The lowest BCUT2D eigenvalue weighted by molar-refractivity contribution is 1.05. The van der Waals surface area contributed by atoms with E-state index in [0.29, 0.717) is 46.0 Å². The predicted octanol–water partition coefficient (Wildman–Crippen LogP) is 4.89. The molecule has 0 saturated heterocycles. The van der Waals surface area contributed by atoms with Crippen LogP contribution in [0, 0.1) is 12.8 Å². The molecule has 5 heterocycles. The highest BCUT2D eigenvalue weighted by Crippen LogP contribution is 2.34. The van der Waals surface area contributed by atoms with Gasteiger partial charge in [0.1, 0.15) is 16.8 Å². The number of amidine groups is 5. The van der Waals surface area contributed by atoms with Crippen molar-refractivity contribution in [3.63, 3.8) is 0 Å². The molecule has 0 radical (unpaired) electrons. The number of rotatable bonds is 2. The monoisotopic (exact) mass is 522 g/mol. The van der Waals surface area contributed by atoms with Crippen LogP contribution < -0.4 is 11.0 Å². The molecule has 1 aromatic heterocycles. The third-order valence-corrected chi connectivity index (χ3v) is 7.38. The summed E-state index contributed by atoms with van der Waals surface area (Å²) in [5.74, 6) is 3.49. The van der Waals surface area contributed by atoms with Crippen LogP contribution in [0.4, 0.5) is 0 Å². The molecule has 8 bridgehead atoms. The van der Waals surface area contributed by atoms with Crippen molar-refractivity contribution < 1.29 is 0 Å². The Morgan fingerprint density at radius 1 is 0.725 bits per heavy atom. The van der Waals surface area contributed by atoms with E-state index in [1.807, 2.05) is 94.5 Å². The number of aliphatic imine (C=N–C) groups is 5. The van der Waals surface area contributed by atoms with Crippen LogP contribution in [0.5, 0.6) is 0 Å². The fourth-order valence-corrected chi connectivity index (χ4v) is 5.33. The van der Waals surface area contributed by atoms with Crippen molar-refractivity contribution >= 4 is 35.3 Å². The van der Waals surface area contributed by atoms with Crippen molar-refractivity contribution in [1.29, 1.82) is 0 Å². The van der Waals surface area contributed by atoms with E-state index in [4.69, 9.17) is 34.9 Å². The second-order valence-corrected chi connectivity index (χ2v) is 9.88. The van der Waals surface area contributed by atoms with E-state index in [-0.39, 0.29) is 5.92 Å². The Morgan fingerprint density at radius 3 is 2.23 bits per heavy atom. The first-order valence-electron chi connectivity index (χ1n) is 13.3. The van der Waals surface area contributed by atoms with Crippen LogP contribution in [0.2, 0.25) is 0 Å². The number of nitrogens with one attached hydrogen (secondary N) is 1. The Labute approximate surface area is 231 Å². The Bertz CT molecular complexity index is 1980. The van der Waals surface area contributed by atoms with Gasteiger partial charge in [-0.15, -0.1) is 0 Å². The lowest BCUT2D eigenvalue weighted by Crippen LogP contribution is -2.16. The molecule has 1 unspecified atom stereocenters. The molecule has 0 amide bonds. The van der Waals surface area contributed by atoms with Gasteiger partial charge in [0.25, 0.3) is 0 Å². The van der Waals surface area contributed by atoms with Gasteiger partial charge in [0, 0.05) is 39.0 Å². The molecule has 0 fully saturated rings. The third-order valence-electron chi connectivity index (χ3n) is 7.38. The van der Waals surface area contributed by atoms with E-state index in [9.17, 15) is 0 Å². The van der Waals surface area contributed by atoms with Gasteiger partial charge in [-0.25, -0.2) is 34.9 Å². The van der Waals surface area contributed by atoms with Crippen molar-refractivity contribution in [1.82, 2.24) is 4.98 Å². The largest absolute Gasteiger partial charge is 0.324 e. The molecule has 1 aromatic carbocycles. The van der Waals surface area contributed by atoms with E-state index < -0.39 is 0 Å². The number of aromatic amines is 1. The molecule has 1 aliphatic carbocycles. The van der Waals surface area contributed by atoms with Gasteiger partial charge in [-0.05, 0) is 27.7 Å². The summed E-state index contributed by atoms with van der Waals surface area (Å²) in [6.07, 6.45) is 16.2. The van der Waals surface area contributed by atoms with Gasteiger partial charge < -0.3 is 4.98 Å². The summed E-state index contributed by atoms with van der Waals surface area (Å²) in [5.41, 5.74) is 8.01. The zero-order valence-electron chi connectivity index (χ0n) is 22.6. The zero-order valence-corrected chi connectivity index (χ0v) is 22.6. The van der Waals surface area contributed by atoms with Crippen LogP contribution in [0.3, 0.4) is 0 Å². The quantitative estimate of drug-likeness (QED) is 0.581. The summed E-state index contributed by atoms with van der Waals surface area (Å²) in [7, 11) is 0. The van der Waals surface area contributed by atoms with Gasteiger partial charge in [-0.2, -0.15) is 0 Å². The van der Waals surface area contributed by atoms with Crippen LogP contribution >= 0.6 is 0 Å². The third kappa shape index (κ3) is 3.71. The number of H-pyrrole nitrogens is 1. The van der Waals surface area contributed by atoms with Crippen LogP contribution in [0.25, 0.3) is 6.08 Å². The van der Waals surface area contributed by atoms with E-state index in [1.54, 1.807) is 0 Å². The Kier molecular flexibility index (Phi) is 5.55. The SMILES string of the molecule is C/C=C\C1=C(C)C2=NC/1=N\C1=C3C=CC=CC3C(=N1)/N=C1N=C(/N=c3\[nH]/c(c(C)c3/C=C\C)=N\2)c2ccccc2\1. The smallest absolute Gasteiger partial charge is 0.164 e. The van der Waals surface area contributed by atoms with Gasteiger partial charge >= 0.3 is 0 Å². The minimum Gasteiger partial charge on any atom is -0.324 e. The molecule has 194 valence electrons. The molecule has 7 rings (SSSR count). The molecule has 0 saturated carbocycles. The zero-order chi connectivity index (χ0) is 27.4. The molecule has 1 N–H and O–H groups in total. The second kappa shape index (κ2) is 9.27. The maximum Gasteiger partial charge on any atom is 0.164 e. The number of aromatic nitrogens is 1. The number of fused-ring (bicyclic) bond motifs is 10. The van der Waals surface area contributed by atoms with E-state index in [2.05, 4.69) is 11.1 Å². The van der Waals surface area contributed by atoms with Crippen molar-refractivity contribution in [2.75, 3.05) is 0 Å². The van der Waals surface area contributed by atoms with E-state index in [1.165, 1.54) is 0 Å². The molecular weight excluding hydrogens is 496 g/mol. The average Bonchev–Trinajstić information content (AvgIpc) is 3.66. The average molecular weight is 523 g/mol. The highest BCUT2D eigenvalue weighted by atomic mass is 15.1. The lowest BCUT2D eigenvalue weighted by atomic mass is 9.95. The Morgan fingerprint density at radius 2 is 1.45 bits per heavy atom. The van der Waals surface area contributed by atoms with E-state index in [0.717, 1.165) is 39.0 Å². The molecule has 4 aliphatic heterocycles. The highest BCUT2D eigenvalue weighted by molar-refractivity contribution is 6.25. The Balaban J connectivity index is 1.57. The minimum absolute atomic E-state index is 0.116. The number of hydrogen-bond donors (Lipinski definition) is 1. The van der Waals surface area contributed by atoms with Crippen molar-refractivity contribution in [2.45, 2.75) is 27.7 Å². The maximum absolute atomic E-state index is 5.01. The molecule has 8 heteroatoms. The molecule has 40 heavy (non-hydrogen) atoms. The normalized spacial score (nSPS) is 25.1. The first-order chi connectivity index (χ1) is 19.6. The van der Waals surface area contributed by atoms with Crippen LogP contribution in [-0.2, 0) is 0 Å².